The average molecular weight is 441 g/mol. The lowest BCUT2D eigenvalue weighted by Crippen LogP contribution is -2.66. The first-order chi connectivity index (χ1) is 15.4. The van der Waals surface area contributed by atoms with Crippen LogP contribution in [0.3, 0.4) is 0 Å². The van der Waals surface area contributed by atoms with Crippen LogP contribution in [0, 0.1) is 5.92 Å². The first kappa shape index (κ1) is 20.1. The van der Waals surface area contributed by atoms with Gasteiger partial charge >= 0.3 is 11.8 Å². The molecule has 3 aromatic rings. The van der Waals surface area contributed by atoms with Crippen molar-refractivity contribution in [3.63, 3.8) is 0 Å². The number of carbonyl (C=O) groups excluding carboxylic acids is 2. The molecule has 13 nitrogen and oxygen atoms in total. The van der Waals surface area contributed by atoms with E-state index in [9.17, 15) is 19.2 Å². The summed E-state index contributed by atoms with van der Waals surface area (Å²) in [7, 11) is 0. The highest BCUT2D eigenvalue weighted by atomic mass is 16.6. The van der Waals surface area contributed by atoms with Gasteiger partial charge in [-0.2, -0.15) is 0 Å². The van der Waals surface area contributed by atoms with Crippen molar-refractivity contribution in [3.05, 3.63) is 45.8 Å². The van der Waals surface area contributed by atoms with Crippen LogP contribution >= 0.6 is 0 Å². The van der Waals surface area contributed by atoms with E-state index >= 15 is 0 Å². The number of aromatic nitrogens is 6. The van der Waals surface area contributed by atoms with Crippen LogP contribution in [0.1, 0.15) is 12.8 Å². The van der Waals surface area contributed by atoms with Crippen LogP contribution in [-0.2, 0) is 9.53 Å². The molecule has 1 amide bonds. The Morgan fingerprint density at radius 1 is 1.22 bits per heavy atom. The molecular weight excluding hydrogens is 420 g/mol. The molecule has 3 fully saturated rings. The minimum atomic E-state index is -0.737. The molecule has 0 spiro atoms. The molecule has 13 heteroatoms. The lowest BCUT2D eigenvalue weighted by molar-refractivity contribution is -0.938. The van der Waals surface area contributed by atoms with Crippen molar-refractivity contribution in [2.24, 2.45) is 5.92 Å². The number of nitrogens with zero attached hydrogens (tertiary/aromatic N) is 5. The van der Waals surface area contributed by atoms with Gasteiger partial charge in [-0.3, -0.25) is 19.6 Å². The van der Waals surface area contributed by atoms with Crippen LogP contribution in [0.25, 0.3) is 11.2 Å². The second-order valence-electron chi connectivity index (χ2n) is 8.25. The summed E-state index contributed by atoms with van der Waals surface area (Å²) in [5, 5.41) is 2.78. The number of fused-ring (bicyclic) bond motifs is 4. The van der Waals surface area contributed by atoms with Crippen LogP contribution in [0.15, 0.2) is 34.5 Å². The lowest BCUT2D eigenvalue weighted by Gasteiger charge is -2.51. The predicted molar refractivity (Wildman–Crippen MR) is 110 cm³/mol. The van der Waals surface area contributed by atoms with E-state index in [2.05, 4.69) is 30.2 Å². The molecule has 0 aromatic carbocycles. The summed E-state index contributed by atoms with van der Waals surface area (Å²) >= 11 is 0. The molecule has 0 radical (unpaired) electrons. The van der Waals surface area contributed by atoms with Gasteiger partial charge in [0, 0.05) is 25.0 Å². The molecule has 3 saturated heterocycles. The Labute approximate surface area is 180 Å². The normalized spacial score (nSPS) is 24.4. The molecule has 3 N–H and O–H groups in total. The van der Waals surface area contributed by atoms with E-state index in [4.69, 9.17) is 4.74 Å². The highest BCUT2D eigenvalue weighted by molar-refractivity contribution is 5.90. The van der Waals surface area contributed by atoms with Gasteiger partial charge in [0.15, 0.2) is 23.8 Å². The van der Waals surface area contributed by atoms with E-state index < -0.39 is 17.3 Å². The second kappa shape index (κ2) is 7.67. The van der Waals surface area contributed by atoms with Gasteiger partial charge < -0.3 is 14.5 Å². The summed E-state index contributed by atoms with van der Waals surface area (Å²) in [6.07, 6.45) is 4.63. The standard InChI is InChI=1S/C19H20N8O5/c28-14(23-13-1-4-20-9-21-13)8-27-5-2-11(3-6-27)12(7-27)32-19(31)26-10-22-15-16(26)24-18(30)25-17(15)29/h1,4,9-12H,2-3,5-8H2,(H2-,20,21,23,24,25,28,29,30)/p+1/t11?,12-,27?/m0/s1. The SMILES string of the molecule is O=C(C[N+]12CCC(CC1)[C@@H](OC(=O)n1cnc3c(=O)[nH]c(=O)[nH]c31)C2)Nc1ccncn1. The summed E-state index contributed by atoms with van der Waals surface area (Å²) in [4.78, 5) is 65.1. The minimum Gasteiger partial charge on any atom is -0.439 e. The van der Waals surface area contributed by atoms with E-state index in [0.717, 1.165) is 36.8 Å². The fraction of sp³-hybridized carbons (Fsp3) is 0.421. The Kier molecular flexibility index (Phi) is 4.81. The zero-order valence-electron chi connectivity index (χ0n) is 17.0. The third kappa shape index (κ3) is 3.66. The quantitative estimate of drug-likeness (QED) is 0.453. The van der Waals surface area contributed by atoms with Crippen molar-refractivity contribution < 1.29 is 18.8 Å². The maximum atomic E-state index is 12.8. The van der Waals surface area contributed by atoms with Gasteiger partial charge in [0.25, 0.3) is 11.5 Å². The molecule has 2 bridgehead atoms. The molecule has 6 heterocycles. The number of imidazole rings is 1. The number of nitrogens with one attached hydrogen (secondary N) is 3. The molecule has 0 aliphatic carbocycles. The molecule has 3 aliphatic heterocycles. The smallest absolute Gasteiger partial charge is 0.421 e. The van der Waals surface area contributed by atoms with E-state index in [1.807, 2.05) is 0 Å². The van der Waals surface area contributed by atoms with Crippen LogP contribution in [-0.4, -0.2) is 78.3 Å². The van der Waals surface area contributed by atoms with E-state index in [0.29, 0.717) is 16.8 Å². The zero-order chi connectivity index (χ0) is 22.3. The Balaban J connectivity index is 1.30. The molecule has 6 rings (SSSR count). The predicted octanol–water partition coefficient (Wildman–Crippen LogP) is -0.565. The zero-order valence-corrected chi connectivity index (χ0v) is 17.0. The number of anilines is 1. The van der Waals surface area contributed by atoms with Crippen LogP contribution < -0.4 is 16.6 Å². The summed E-state index contributed by atoms with van der Waals surface area (Å²) in [5.41, 5.74) is -1.49. The molecule has 1 atom stereocenters. The van der Waals surface area contributed by atoms with Gasteiger partial charge in [0.2, 0.25) is 0 Å². The van der Waals surface area contributed by atoms with Crippen molar-refractivity contribution in [2.75, 3.05) is 31.5 Å². The third-order valence-corrected chi connectivity index (χ3v) is 6.26. The van der Waals surface area contributed by atoms with Crippen LogP contribution in [0.5, 0.6) is 0 Å². The summed E-state index contributed by atoms with van der Waals surface area (Å²) in [6, 6.07) is 1.62. The average Bonchev–Trinajstić information content (AvgIpc) is 3.19. The second-order valence-corrected chi connectivity index (χ2v) is 8.25. The molecule has 0 saturated carbocycles. The number of aromatic amines is 2. The largest absolute Gasteiger partial charge is 0.439 e. The number of carbonyl (C=O) groups is 2. The number of H-pyrrole nitrogens is 2. The van der Waals surface area contributed by atoms with Crippen molar-refractivity contribution in [1.29, 1.82) is 0 Å². The fourth-order valence-electron chi connectivity index (χ4n) is 4.69. The van der Waals surface area contributed by atoms with E-state index in [1.54, 1.807) is 12.3 Å². The van der Waals surface area contributed by atoms with Crippen molar-refractivity contribution in [3.8, 4) is 0 Å². The molecule has 3 aliphatic rings. The summed E-state index contributed by atoms with van der Waals surface area (Å²) in [6.45, 7) is 2.41. The van der Waals surface area contributed by atoms with Gasteiger partial charge in [-0.25, -0.2) is 29.1 Å². The third-order valence-electron chi connectivity index (χ3n) is 6.26. The van der Waals surface area contributed by atoms with Gasteiger partial charge in [-0.1, -0.05) is 0 Å². The Morgan fingerprint density at radius 3 is 2.78 bits per heavy atom. The Morgan fingerprint density at radius 2 is 2.03 bits per heavy atom. The van der Waals surface area contributed by atoms with Gasteiger partial charge in [0.05, 0.1) is 13.1 Å². The maximum Gasteiger partial charge on any atom is 0.421 e. The Bertz CT molecular complexity index is 1290. The number of rotatable bonds is 4. The van der Waals surface area contributed by atoms with Gasteiger partial charge in [-0.15, -0.1) is 0 Å². The summed E-state index contributed by atoms with van der Waals surface area (Å²) in [5.74, 6) is 0.474. The molecular formula is C19H21N8O5+. The number of amides is 1. The number of quaternary nitrogens is 1. The highest BCUT2D eigenvalue weighted by Gasteiger charge is 2.48. The van der Waals surface area contributed by atoms with E-state index in [1.165, 1.54) is 6.33 Å². The van der Waals surface area contributed by atoms with Crippen molar-refractivity contribution >= 4 is 29.0 Å². The molecule has 166 valence electrons. The number of ether oxygens (including phenoxy) is 1. The van der Waals surface area contributed by atoms with Gasteiger partial charge in [0.1, 0.15) is 25.0 Å². The fourth-order valence-corrected chi connectivity index (χ4v) is 4.69. The number of hydrogen-bond acceptors (Lipinski definition) is 8. The van der Waals surface area contributed by atoms with Crippen LogP contribution in [0.4, 0.5) is 10.6 Å². The molecule has 0 unspecified atom stereocenters. The Hall–Kier alpha value is -3.87. The van der Waals surface area contributed by atoms with Crippen molar-refractivity contribution in [2.45, 2.75) is 18.9 Å². The molecule has 32 heavy (non-hydrogen) atoms. The van der Waals surface area contributed by atoms with Crippen molar-refractivity contribution in [1.82, 2.24) is 29.5 Å². The molecule has 3 aromatic heterocycles. The van der Waals surface area contributed by atoms with Gasteiger partial charge in [-0.05, 0) is 6.07 Å². The monoisotopic (exact) mass is 441 g/mol. The van der Waals surface area contributed by atoms with E-state index in [-0.39, 0.29) is 35.6 Å². The van der Waals surface area contributed by atoms with Crippen LogP contribution in [0.2, 0.25) is 0 Å². The lowest BCUT2D eigenvalue weighted by atomic mass is 9.83. The number of piperidine rings is 3. The first-order valence-electron chi connectivity index (χ1n) is 10.2. The topological polar surface area (TPSA) is 165 Å². The first-order valence-corrected chi connectivity index (χ1v) is 10.2. The maximum absolute atomic E-state index is 12.8. The summed E-state index contributed by atoms with van der Waals surface area (Å²) < 4.78 is 7.31. The number of hydrogen-bond donors (Lipinski definition) is 3. The highest BCUT2D eigenvalue weighted by Crippen LogP contribution is 2.35. The minimum absolute atomic E-state index is 0.0156.